The molecule has 0 unspecified atom stereocenters. The van der Waals surface area contributed by atoms with Crippen LogP contribution in [-0.2, 0) is 11.3 Å². The van der Waals surface area contributed by atoms with E-state index < -0.39 is 0 Å². The summed E-state index contributed by atoms with van der Waals surface area (Å²) in [5.41, 5.74) is 1.79. The van der Waals surface area contributed by atoms with E-state index in [1.165, 1.54) is 0 Å². The lowest BCUT2D eigenvalue weighted by atomic mass is 10.2. The standard InChI is InChI=1S/C17H19ClN2O2/c1-22-14-8-6-13(7-9-14)12-19-11-10-17(21)20-16-5-3-2-4-15(16)18/h2-9,19H,10-12H2,1H3,(H,20,21). The van der Waals surface area contributed by atoms with E-state index >= 15 is 0 Å². The lowest BCUT2D eigenvalue weighted by Crippen LogP contribution is -2.21. The Labute approximate surface area is 135 Å². The molecule has 0 aromatic heterocycles. The Morgan fingerprint density at radius 1 is 1.14 bits per heavy atom. The van der Waals surface area contributed by atoms with Crippen molar-refractivity contribution in [3.8, 4) is 5.75 Å². The molecule has 0 spiro atoms. The SMILES string of the molecule is COc1ccc(CNCCC(=O)Nc2ccccc2Cl)cc1. The fourth-order valence-corrected chi connectivity index (χ4v) is 2.14. The minimum absolute atomic E-state index is 0.0599. The Bertz CT molecular complexity index is 614. The number of nitrogens with one attached hydrogen (secondary N) is 2. The van der Waals surface area contributed by atoms with Crippen molar-refractivity contribution in [1.82, 2.24) is 5.32 Å². The second-order valence-electron chi connectivity index (χ2n) is 4.80. The summed E-state index contributed by atoms with van der Waals surface area (Å²) in [7, 11) is 1.64. The van der Waals surface area contributed by atoms with Gasteiger partial charge in [-0.1, -0.05) is 35.9 Å². The molecule has 0 radical (unpaired) electrons. The summed E-state index contributed by atoms with van der Waals surface area (Å²) < 4.78 is 5.11. The number of carbonyl (C=O) groups is 1. The highest BCUT2D eigenvalue weighted by molar-refractivity contribution is 6.33. The van der Waals surface area contributed by atoms with Crippen molar-refractivity contribution < 1.29 is 9.53 Å². The van der Waals surface area contributed by atoms with Crippen molar-refractivity contribution in [1.29, 1.82) is 0 Å². The van der Waals surface area contributed by atoms with Gasteiger partial charge in [-0.2, -0.15) is 0 Å². The maximum Gasteiger partial charge on any atom is 0.225 e. The van der Waals surface area contributed by atoms with Crippen LogP contribution in [0.1, 0.15) is 12.0 Å². The molecule has 2 aromatic rings. The molecule has 116 valence electrons. The average molecular weight is 319 g/mol. The fourth-order valence-electron chi connectivity index (χ4n) is 1.95. The van der Waals surface area contributed by atoms with Gasteiger partial charge < -0.3 is 15.4 Å². The second kappa shape index (κ2) is 8.41. The molecule has 0 aliphatic heterocycles. The Balaban J connectivity index is 1.69. The molecule has 5 heteroatoms. The van der Waals surface area contributed by atoms with E-state index in [4.69, 9.17) is 16.3 Å². The van der Waals surface area contributed by atoms with Crippen LogP contribution in [0.2, 0.25) is 5.02 Å². The summed E-state index contributed by atoms with van der Waals surface area (Å²) in [5.74, 6) is 0.776. The van der Waals surface area contributed by atoms with Gasteiger partial charge in [0.15, 0.2) is 0 Å². The lowest BCUT2D eigenvalue weighted by Gasteiger charge is -2.08. The molecule has 4 nitrogen and oxygen atoms in total. The van der Waals surface area contributed by atoms with E-state index in [1.54, 1.807) is 19.2 Å². The van der Waals surface area contributed by atoms with E-state index in [9.17, 15) is 4.79 Å². The van der Waals surface area contributed by atoms with Gasteiger partial charge >= 0.3 is 0 Å². The molecular weight excluding hydrogens is 300 g/mol. The topological polar surface area (TPSA) is 50.4 Å². The highest BCUT2D eigenvalue weighted by Gasteiger charge is 2.04. The van der Waals surface area contributed by atoms with Crippen LogP contribution < -0.4 is 15.4 Å². The Hall–Kier alpha value is -2.04. The second-order valence-corrected chi connectivity index (χ2v) is 5.21. The molecule has 2 N–H and O–H groups in total. The molecule has 0 fully saturated rings. The number of ether oxygens (including phenoxy) is 1. The van der Waals surface area contributed by atoms with Crippen LogP contribution in [0.25, 0.3) is 0 Å². The molecular formula is C17H19ClN2O2. The van der Waals surface area contributed by atoms with Gasteiger partial charge in [0.05, 0.1) is 17.8 Å². The van der Waals surface area contributed by atoms with E-state index in [1.807, 2.05) is 36.4 Å². The molecule has 1 amide bonds. The number of amides is 1. The molecule has 2 rings (SSSR count). The fraction of sp³-hybridized carbons (Fsp3) is 0.235. The van der Waals surface area contributed by atoms with Gasteiger partial charge in [0.1, 0.15) is 5.75 Å². The third-order valence-corrected chi connectivity index (χ3v) is 3.49. The maximum atomic E-state index is 11.8. The number of para-hydroxylation sites is 1. The monoisotopic (exact) mass is 318 g/mol. The summed E-state index contributed by atoms with van der Waals surface area (Å²) in [6.07, 6.45) is 0.390. The zero-order chi connectivity index (χ0) is 15.8. The number of halogens is 1. The van der Waals surface area contributed by atoms with Crippen molar-refractivity contribution in [3.63, 3.8) is 0 Å². The van der Waals surface area contributed by atoms with Crippen molar-refractivity contribution in [2.24, 2.45) is 0 Å². The summed E-state index contributed by atoms with van der Waals surface area (Å²) in [5, 5.41) is 6.58. The van der Waals surface area contributed by atoms with Gasteiger partial charge in [0.25, 0.3) is 0 Å². The van der Waals surface area contributed by atoms with Crippen molar-refractivity contribution in [2.75, 3.05) is 19.0 Å². The molecule has 22 heavy (non-hydrogen) atoms. The molecule has 0 aliphatic rings. The number of methoxy groups -OCH3 is 1. The highest BCUT2D eigenvalue weighted by Crippen LogP contribution is 2.20. The number of rotatable bonds is 7. The van der Waals surface area contributed by atoms with E-state index in [-0.39, 0.29) is 5.91 Å². The first-order chi connectivity index (χ1) is 10.7. The molecule has 0 heterocycles. The zero-order valence-electron chi connectivity index (χ0n) is 12.4. The predicted molar refractivity (Wildman–Crippen MR) is 89.4 cm³/mol. The van der Waals surface area contributed by atoms with Crippen LogP contribution in [0.15, 0.2) is 48.5 Å². The quantitative estimate of drug-likeness (QED) is 0.769. The van der Waals surface area contributed by atoms with Gasteiger partial charge in [0, 0.05) is 19.5 Å². The Kier molecular flexibility index (Phi) is 6.25. The Morgan fingerprint density at radius 2 is 1.86 bits per heavy atom. The summed E-state index contributed by atoms with van der Waals surface area (Å²) >= 11 is 5.99. The summed E-state index contributed by atoms with van der Waals surface area (Å²) in [6.45, 7) is 1.31. The third-order valence-electron chi connectivity index (χ3n) is 3.16. The van der Waals surface area contributed by atoms with Crippen molar-refractivity contribution >= 4 is 23.2 Å². The number of hydrogen-bond acceptors (Lipinski definition) is 3. The van der Waals surface area contributed by atoms with Crippen LogP contribution in [0.5, 0.6) is 5.75 Å². The minimum Gasteiger partial charge on any atom is -0.497 e. The number of carbonyl (C=O) groups excluding carboxylic acids is 1. The molecule has 0 aliphatic carbocycles. The first-order valence-electron chi connectivity index (χ1n) is 7.07. The molecule has 0 saturated heterocycles. The lowest BCUT2D eigenvalue weighted by molar-refractivity contribution is -0.116. The van der Waals surface area contributed by atoms with Gasteiger partial charge in [-0.05, 0) is 29.8 Å². The van der Waals surface area contributed by atoms with E-state index in [2.05, 4.69) is 10.6 Å². The van der Waals surface area contributed by atoms with Crippen LogP contribution in [0, 0.1) is 0 Å². The van der Waals surface area contributed by atoms with Crippen LogP contribution in [-0.4, -0.2) is 19.6 Å². The van der Waals surface area contributed by atoms with Crippen LogP contribution in [0.3, 0.4) is 0 Å². The minimum atomic E-state index is -0.0599. The molecule has 0 saturated carbocycles. The normalized spacial score (nSPS) is 10.3. The molecule has 2 aromatic carbocycles. The average Bonchev–Trinajstić information content (AvgIpc) is 2.54. The third kappa shape index (κ3) is 5.06. The number of benzene rings is 2. The van der Waals surface area contributed by atoms with Gasteiger partial charge in [-0.25, -0.2) is 0 Å². The smallest absolute Gasteiger partial charge is 0.225 e. The van der Waals surface area contributed by atoms with E-state index in [0.717, 1.165) is 11.3 Å². The number of anilines is 1. The van der Waals surface area contributed by atoms with Gasteiger partial charge in [-0.3, -0.25) is 4.79 Å². The van der Waals surface area contributed by atoms with Crippen LogP contribution >= 0.6 is 11.6 Å². The Morgan fingerprint density at radius 3 is 2.55 bits per heavy atom. The van der Waals surface area contributed by atoms with Gasteiger partial charge in [-0.15, -0.1) is 0 Å². The highest BCUT2D eigenvalue weighted by atomic mass is 35.5. The largest absolute Gasteiger partial charge is 0.497 e. The van der Waals surface area contributed by atoms with Crippen molar-refractivity contribution in [3.05, 3.63) is 59.1 Å². The summed E-state index contributed by atoms with van der Waals surface area (Å²) in [4.78, 5) is 11.8. The summed E-state index contributed by atoms with van der Waals surface area (Å²) in [6, 6.07) is 15.0. The number of hydrogen-bond donors (Lipinski definition) is 2. The van der Waals surface area contributed by atoms with E-state index in [0.29, 0.717) is 30.2 Å². The zero-order valence-corrected chi connectivity index (χ0v) is 13.2. The van der Waals surface area contributed by atoms with Crippen LogP contribution in [0.4, 0.5) is 5.69 Å². The maximum absolute atomic E-state index is 11.8. The molecule has 0 atom stereocenters. The predicted octanol–water partition coefficient (Wildman–Crippen LogP) is 3.47. The first-order valence-corrected chi connectivity index (χ1v) is 7.45. The van der Waals surface area contributed by atoms with Crippen molar-refractivity contribution in [2.45, 2.75) is 13.0 Å². The first kappa shape index (κ1) is 16.3. The van der Waals surface area contributed by atoms with Gasteiger partial charge in [0.2, 0.25) is 5.91 Å². The molecule has 0 bridgehead atoms.